The maximum Gasteiger partial charge on any atom is 0.389 e. The third-order valence-corrected chi connectivity index (χ3v) is 5.52. The van der Waals surface area contributed by atoms with E-state index < -0.39 is 12.6 Å². The van der Waals surface area contributed by atoms with Gasteiger partial charge >= 0.3 is 6.18 Å². The summed E-state index contributed by atoms with van der Waals surface area (Å²) < 4.78 is 45.3. The molecule has 0 spiro atoms. The maximum absolute atomic E-state index is 12.7. The van der Waals surface area contributed by atoms with Crippen LogP contribution in [0.1, 0.15) is 42.5 Å². The van der Waals surface area contributed by atoms with Gasteiger partial charge < -0.3 is 14.6 Å². The molecule has 1 N–H and O–H groups in total. The lowest BCUT2D eigenvalue weighted by Crippen LogP contribution is -2.38. The smallest absolute Gasteiger partial charge is 0.389 e. The average Bonchev–Trinajstić information content (AvgIpc) is 3.04. The number of aromatic nitrogens is 2. The minimum absolute atomic E-state index is 0.0856. The monoisotopic (exact) mass is 393 g/mol. The van der Waals surface area contributed by atoms with E-state index in [2.05, 4.69) is 10.3 Å². The number of carbonyl (C=O) groups is 1. The van der Waals surface area contributed by atoms with E-state index in [9.17, 15) is 18.0 Å². The fourth-order valence-electron chi connectivity index (χ4n) is 4.08. The number of nitrogens with one attached hydrogen (secondary N) is 1. The van der Waals surface area contributed by atoms with Crippen LogP contribution in [0.4, 0.5) is 13.2 Å². The quantitative estimate of drug-likeness (QED) is 0.851. The number of nitrogens with zero attached hydrogens (tertiary/aromatic N) is 2. The Bertz CT molecular complexity index is 855. The standard InChI is InChI=1S/C20H22F3N3O2/c21-20(22,23)10-13-1-4-15(5-2-13)25-19(27)14-3-6-18-16(9-14)17-11-24-12-26(17)7-8-28-18/h3,6,9,11-13,15H,1-2,4-5,7-8,10H2,(H,25,27). The molecule has 0 saturated heterocycles. The summed E-state index contributed by atoms with van der Waals surface area (Å²) in [6.07, 6.45) is 0.768. The fraction of sp³-hybridized carbons (Fsp3) is 0.500. The van der Waals surface area contributed by atoms with Gasteiger partial charge in [0.2, 0.25) is 0 Å². The van der Waals surface area contributed by atoms with Crippen molar-refractivity contribution in [2.45, 2.75) is 50.9 Å². The number of benzene rings is 1. The highest BCUT2D eigenvalue weighted by Gasteiger charge is 2.34. The van der Waals surface area contributed by atoms with Crippen LogP contribution in [0.3, 0.4) is 0 Å². The number of fused-ring (bicyclic) bond motifs is 3. The van der Waals surface area contributed by atoms with E-state index in [-0.39, 0.29) is 17.9 Å². The summed E-state index contributed by atoms with van der Waals surface area (Å²) in [6.45, 7) is 1.22. The molecule has 2 heterocycles. The topological polar surface area (TPSA) is 56.2 Å². The van der Waals surface area contributed by atoms with Gasteiger partial charge in [-0.2, -0.15) is 13.2 Å². The molecule has 0 bridgehead atoms. The number of imidazole rings is 1. The largest absolute Gasteiger partial charge is 0.491 e. The highest BCUT2D eigenvalue weighted by Crippen LogP contribution is 2.35. The Morgan fingerprint density at radius 2 is 2.04 bits per heavy atom. The van der Waals surface area contributed by atoms with Crippen LogP contribution in [0.25, 0.3) is 11.3 Å². The molecule has 0 atom stereocenters. The van der Waals surface area contributed by atoms with Crippen molar-refractivity contribution in [1.82, 2.24) is 14.9 Å². The molecule has 1 aliphatic carbocycles. The molecule has 150 valence electrons. The molecule has 1 fully saturated rings. The number of carbonyl (C=O) groups excluding carboxylic acids is 1. The van der Waals surface area contributed by atoms with Gasteiger partial charge in [0, 0.05) is 23.6 Å². The first-order chi connectivity index (χ1) is 13.4. The van der Waals surface area contributed by atoms with Crippen LogP contribution in [0, 0.1) is 5.92 Å². The molecule has 1 saturated carbocycles. The van der Waals surface area contributed by atoms with Crippen molar-refractivity contribution in [1.29, 1.82) is 0 Å². The Labute approximate surface area is 160 Å². The van der Waals surface area contributed by atoms with Crippen molar-refractivity contribution < 1.29 is 22.7 Å². The van der Waals surface area contributed by atoms with Crippen molar-refractivity contribution in [2.24, 2.45) is 5.92 Å². The minimum Gasteiger partial charge on any atom is -0.491 e. The second kappa shape index (κ2) is 7.48. The van der Waals surface area contributed by atoms with Crippen molar-refractivity contribution >= 4 is 5.91 Å². The van der Waals surface area contributed by atoms with Gasteiger partial charge in [0.15, 0.2) is 0 Å². The lowest BCUT2D eigenvalue weighted by Gasteiger charge is -2.29. The van der Waals surface area contributed by atoms with Gasteiger partial charge in [-0.05, 0) is 49.8 Å². The van der Waals surface area contributed by atoms with E-state index in [4.69, 9.17) is 4.74 Å². The van der Waals surface area contributed by atoms with Crippen LogP contribution in [0.15, 0.2) is 30.7 Å². The SMILES string of the molecule is O=C(NC1CCC(CC(F)(F)F)CC1)c1ccc2c(c1)-c1cncn1CCO2. The zero-order chi connectivity index (χ0) is 19.7. The molecule has 2 aliphatic rings. The lowest BCUT2D eigenvalue weighted by molar-refractivity contribution is -0.146. The van der Waals surface area contributed by atoms with E-state index in [0.29, 0.717) is 50.1 Å². The summed E-state index contributed by atoms with van der Waals surface area (Å²) in [4.78, 5) is 16.9. The van der Waals surface area contributed by atoms with E-state index >= 15 is 0 Å². The number of rotatable bonds is 3. The van der Waals surface area contributed by atoms with Gasteiger partial charge in [-0.3, -0.25) is 4.79 Å². The zero-order valence-corrected chi connectivity index (χ0v) is 15.3. The maximum atomic E-state index is 12.7. The van der Waals surface area contributed by atoms with Gasteiger partial charge in [0.25, 0.3) is 5.91 Å². The second-order valence-corrected chi connectivity index (χ2v) is 7.54. The summed E-state index contributed by atoms with van der Waals surface area (Å²) in [5, 5.41) is 2.98. The summed E-state index contributed by atoms with van der Waals surface area (Å²) in [5.41, 5.74) is 2.22. The zero-order valence-electron chi connectivity index (χ0n) is 15.3. The molecule has 8 heteroatoms. The molecular weight excluding hydrogens is 371 g/mol. The Morgan fingerprint density at radius 1 is 1.25 bits per heavy atom. The third kappa shape index (κ3) is 4.15. The van der Waals surface area contributed by atoms with Crippen LogP contribution in [-0.2, 0) is 6.54 Å². The molecule has 1 aromatic heterocycles. The normalized spacial score (nSPS) is 21.8. The molecule has 1 amide bonds. The second-order valence-electron chi connectivity index (χ2n) is 7.54. The van der Waals surface area contributed by atoms with E-state index in [0.717, 1.165) is 11.3 Å². The van der Waals surface area contributed by atoms with Gasteiger partial charge in [-0.1, -0.05) is 0 Å². The fourth-order valence-corrected chi connectivity index (χ4v) is 4.08. The highest BCUT2D eigenvalue weighted by atomic mass is 19.4. The van der Waals surface area contributed by atoms with Gasteiger partial charge in [0.05, 0.1) is 24.8 Å². The van der Waals surface area contributed by atoms with Gasteiger partial charge in [-0.15, -0.1) is 0 Å². The van der Waals surface area contributed by atoms with Gasteiger partial charge in [-0.25, -0.2) is 4.98 Å². The first kappa shape index (κ1) is 18.8. The molecule has 5 nitrogen and oxygen atoms in total. The molecule has 1 aliphatic heterocycles. The molecular formula is C20H22F3N3O2. The number of ether oxygens (including phenoxy) is 1. The summed E-state index contributed by atoms with van der Waals surface area (Å²) in [6, 6.07) is 5.21. The number of halogens is 3. The molecule has 1 aromatic carbocycles. The number of amides is 1. The summed E-state index contributed by atoms with van der Waals surface area (Å²) >= 11 is 0. The van der Waals surface area contributed by atoms with Crippen LogP contribution in [0.2, 0.25) is 0 Å². The van der Waals surface area contributed by atoms with Crippen molar-refractivity contribution in [3.63, 3.8) is 0 Å². The van der Waals surface area contributed by atoms with E-state index in [1.54, 1.807) is 30.7 Å². The number of hydrogen-bond acceptors (Lipinski definition) is 3. The minimum atomic E-state index is -4.11. The predicted molar refractivity (Wildman–Crippen MR) is 97.0 cm³/mol. The molecule has 0 unspecified atom stereocenters. The van der Waals surface area contributed by atoms with E-state index in [1.165, 1.54) is 0 Å². The number of alkyl halides is 3. The van der Waals surface area contributed by atoms with Gasteiger partial charge in [0.1, 0.15) is 12.4 Å². The van der Waals surface area contributed by atoms with E-state index in [1.807, 2.05) is 4.57 Å². The first-order valence-corrected chi connectivity index (χ1v) is 9.54. The third-order valence-electron chi connectivity index (χ3n) is 5.52. The molecule has 0 radical (unpaired) electrons. The van der Waals surface area contributed by atoms with Crippen molar-refractivity contribution in [3.05, 3.63) is 36.3 Å². The summed E-state index contributed by atoms with van der Waals surface area (Å²) in [5.74, 6) is 0.166. The van der Waals surface area contributed by atoms with Crippen molar-refractivity contribution in [3.8, 4) is 17.0 Å². The van der Waals surface area contributed by atoms with Crippen molar-refractivity contribution in [2.75, 3.05) is 6.61 Å². The van der Waals surface area contributed by atoms with Crippen LogP contribution >= 0.6 is 0 Å². The Hall–Kier alpha value is -2.51. The van der Waals surface area contributed by atoms with Crippen LogP contribution in [-0.4, -0.2) is 34.3 Å². The van der Waals surface area contributed by atoms with Crippen LogP contribution in [0.5, 0.6) is 5.75 Å². The average molecular weight is 393 g/mol. The Morgan fingerprint density at radius 3 is 2.79 bits per heavy atom. The molecule has 4 rings (SSSR count). The Balaban J connectivity index is 1.42. The highest BCUT2D eigenvalue weighted by molar-refractivity contribution is 5.96. The van der Waals surface area contributed by atoms with Crippen LogP contribution < -0.4 is 10.1 Å². The summed E-state index contributed by atoms with van der Waals surface area (Å²) in [7, 11) is 0. The number of hydrogen-bond donors (Lipinski definition) is 1. The molecule has 2 aromatic rings. The Kier molecular flexibility index (Phi) is 5.03. The lowest BCUT2D eigenvalue weighted by atomic mass is 9.84. The molecule has 28 heavy (non-hydrogen) atoms. The first-order valence-electron chi connectivity index (χ1n) is 9.54. The predicted octanol–water partition coefficient (Wildman–Crippen LogP) is 4.18.